The molecule has 6 N–H and O–H groups in total. The molecule has 4 amide bonds. The number of nitrogens with one attached hydrogen (secondary N) is 2. The van der Waals surface area contributed by atoms with Crippen LogP contribution in [0.4, 0.5) is 14.8 Å². The number of primary amides is 2. The van der Waals surface area contributed by atoms with Crippen molar-refractivity contribution in [2.75, 3.05) is 10.6 Å². The van der Waals surface area contributed by atoms with Crippen molar-refractivity contribution in [3.8, 4) is 0 Å². The molecule has 3 aromatic rings. The number of carbonyl (C=O) groups is 3. The first-order valence-corrected chi connectivity index (χ1v) is 8.51. The number of hydrogen-bond acceptors (Lipinski definition) is 4. The molecule has 0 saturated heterocycles. The first kappa shape index (κ1) is 17.4. The van der Waals surface area contributed by atoms with E-state index in [0.29, 0.717) is 5.00 Å². The largest absolute Gasteiger partial charge is 0.366 e. The van der Waals surface area contributed by atoms with Crippen molar-refractivity contribution in [3.63, 3.8) is 0 Å². The summed E-state index contributed by atoms with van der Waals surface area (Å²) in [4.78, 5) is 34.7. The molecule has 0 bridgehead atoms. The summed E-state index contributed by atoms with van der Waals surface area (Å²) in [6.45, 7) is 0. The van der Waals surface area contributed by atoms with E-state index in [1.165, 1.54) is 6.07 Å². The summed E-state index contributed by atoms with van der Waals surface area (Å²) in [7, 11) is 0. The third-order valence-corrected chi connectivity index (χ3v) is 4.64. The number of amides is 4. The molecule has 1 aromatic heterocycles. The molecule has 7 nitrogen and oxygen atoms in total. The summed E-state index contributed by atoms with van der Waals surface area (Å²) in [5.74, 6) is -0.969. The van der Waals surface area contributed by atoms with E-state index in [1.807, 2.05) is 42.5 Å². The quantitative estimate of drug-likeness (QED) is 0.553. The van der Waals surface area contributed by atoms with Gasteiger partial charge in [-0.25, -0.2) is 4.79 Å². The molecule has 0 saturated carbocycles. The molecule has 0 aliphatic carbocycles. The fourth-order valence-corrected chi connectivity index (χ4v) is 3.54. The zero-order chi connectivity index (χ0) is 18.7. The third kappa shape index (κ3) is 3.98. The fraction of sp³-hybridized carbons (Fsp3) is 0.0556. The van der Waals surface area contributed by atoms with Gasteiger partial charge in [0.2, 0.25) is 5.91 Å². The topological polar surface area (TPSA) is 127 Å². The maximum absolute atomic E-state index is 12.3. The first-order valence-electron chi connectivity index (χ1n) is 7.70. The van der Waals surface area contributed by atoms with E-state index in [-0.39, 0.29) is 22.9 Å². The van der Waals surface area contributed by atoms with Crippen LogP contribution in [0.15, 0.2) is 48.5 Å². The number of fused-ring (bicyclic) bond motifs is 1. The number of nitrogens with two attached hydrogens (primary N) is 2. The van der Waals surface area contributed by atoms with Crippen LogP contribution in [-0.4, -0.2) is 17.8 Å². The van der Waals surface area contributed by atoms with E-state index in [2.05, 4.69) is 10.6 Å². The van der Waals surface area contributed by atoms with Gasteiger partial charge in [-0.1, -0.05) is 53.8 Å². The van der Waals surface area contributed by atoms with Crippen LogP contribution < -0.4 is 22.1 Å². The Morgan fingerprint density at radius 2 is 1.65 bits per heavy atom. The van der Waals surface area contributed by atoms with Crippen molar-refractivity contribution in [1.82, 2.24) is 0 Å². The van der Waals surface area contributed by atoms with Gasteiger partial charge in [-0.15, -0.1) is 0 Å². The highest BCUT2D eigenvalue weighted by Gasteiger charge is 2.16. The highest BCUT2D eigenvalue weighted by atomic mass is 32.1. The molecule has 3 rings (SSSR count). The summed E-state index contributed by atoms with van der Waals surface area (Å²) in [5, 5.41) is 7.78. The third-order valence-electron chi connectivity index (χ3n) is 3.68. The second kappa shape index (κ2) is 7.24. The van der Waals surface area contributed by atoms with E-state index >= 15 is 0 Å². The molecule has 0 unspecified atom stereocenters. The zero-order valence-electron chi connectivity index (χ0n) is 13.6. The maximum atomic E-state index is 12.3. The van der Waals surface area contributed by atoms with Crippen LogP contribution in [0, 0.1) is 0 Å². The number of carbonyl (C=O) groups excluding carboxylic acids is 3. The monoisotopic (exact) mass is 368 g/mol. The van der Waals surface area contributed by atoms with Crippen molar-refractivity contribution in [2.24, 2.45) is 11.5 Å². The Balaban J connectivity index is 1.74. The average molecular weight is 368 g/mol. The fourth-order valence-electron chi connectivity index (χ4n) is 2.56. The standard InChI is InChI=1S/C18H16N4O3S/c19-16(24)13-9-15(26-17(13)22-18(20)25)21-14(23)8-10-5-6-11-3-1-2-4-12(11)7-10/h1-7,9H,8H2,(H2,19,24)(H,21,23)(H3,20,22,25). The normalized spacial score (nSPS) is 10.5. The summed E-state index contributed by atoms with van der Waals surface area (Å²) in [6, 6.07) is 14.3. The Morgan fingerprint density at radius 1 is 0.923 bits per heavy atom. The molecule has 2 aromatic carbocycles. The molecule has 0 atom stereocenters. The lowest BCUT2D eigenvalue weighted by atomic mass is 10.1. The number of hydrogen-bond donors (Lipinski definition) is 4. The van der Waals surface area contributed by atoms with Gasteiger partial charge in [-0.05, 0) is 22.4 Å². The van der Waals surface area contributed by atoms with Crippen molar-refractivity contribution >= 4 is 50.0 Å². The smallest absolute Gasteiger partial charge is 0.317 e. The van der Waals surface area contributed by atoms with Crippen molar-refractivity contribution in [2.45, 2.75) is 6.42 Å². The van der Waals surface area contributed by atoms with E-state index in [9.17, 15) is 14.4 Å². The molecule has 0 aliphatic rings. The molecule has 0 fully saturated rings. The number of benzene rings is 2. The van der Waals surface area contributed by atoms with Crippen LogP contribution in [0.5, 0.6) is 0 Å². The van der Waals surface area contributed by atoms with Crippen LogP contribution in [0.3, 0.4) is 0 Å². The lowest BCUT2D eigenvalue weighted by molar-refractivity contribution is -0.115. The second-order valence-electron chi connectivity index (χ2n) is 5.61. The summed E-state index contributed by atoms with van der Waals surface area (Å²) in [5.41, 5.74) is 11.3. The second-order valence-corrected chi connectivity index (χ2v) is 6.67. The van der Waals surface area contributed by atoms with Crippen LogP contribution in [0.1, 0.15) is 15.9 Å². The van der Waals surface area contributed by atoms with Crippen molar-refractivity contribution < 1.29 is 14.4 Å². The van der Waals surface area contributed by atoms with E-state index in [4.69, 9.17) is 11.5 Å². The minimum absolute atomic E-state index is 0.0924. The van der Waals surface area contributed by atoms with E-state index in [1.54, 1.807) is 0 Å². The predicted octanol–water partition coefficient (Wildman–Crippen LogP) is 2.67. The van der Waals surface area contributed by atoms with Gasteiger partial charge in [0.1, 0.15) is 5.00 Å². The van der Waals surface area contributed by atoms with Gasteiger partial charge in [0.15, 0.2) is 0 Å². The van der Waals surface area contributed by atoms with Crippen LogP contribution in [0.2, 0.25) is 0 Å². The Kier molecular flexibility index (Phi) is 4.85. The lowest BCUT2D eigenvalue weighted by Crippen LogP contribution is -2.21. The van der Waals surface area contributed by atoms with Crippen molar-refractivity contribution in [3.05, 3.63) is 59.7 Å². The number of urea groups is 1. The van der Waals surface area contributed by atoms with Crippen LogP contribution >= 0.6 is 11.3 Å². The van der Waals surface area contributed by atoms with E-state index in [0.717, 1.165) is 27.7 Å². The van der Waals surface area contributed by atoms with Gasteiger partial charge in [0.25, 0.3) is 5.91 Å². The highest BCUT2D eigenvalue weighted by molar-refractivity contribution is 7.20. The van der Waals surface area contributed by atoms with Gasteiger partial charge in [-0.3, -0.25) is 14.9 Å². The van der Waals surface area contributed by atoms with Crippen LogP contribution in [0.25, 0.3) is 10.8 Å². The molecule has 8 heteroatoms. The van der Waals surface area contributed by atoms with Gasteiger partial charge < -0.3 is 16.8 Å². The van der Waals surface area contributed by atoms with Crippen LogP contribution in [-0.2, 0) is 11.2 Å². The number of anilines is 2. The molecular weight excluding hydrogens is 352 g/mol. The molecular formula is C18H16N4O3S. The highest BCUT2D eigenvalue weighted by Crippen LogP contribution is 2.32. The Labute approximate surface area is 153 Å². The Morgan fingerprint density at radius 3 is 2.35 bits per heavy atom. The Bertz CT molecular complexity index is 1010. The zero-order valence-corrected chi connectivity index (χ0v) is 14.4. The SMILES string of the molecule is NC(=O)Nc1sc(NC(=O)Cc2ccc3ccccc3c2)cc1C(N)=O. The molecule has 0 radical (unpaired) electrons. The van der Waals surface area contributed by atoms with Gasteiger partial charge >= 0.3 is 6.03 Å². The lowest BCUT2D eigenvalue weighted by Gasteiger charge is -2.04. The van der Waals surface area contributed by atoms with E-state index < -0.39 is 11.9 Å². The predicted molar refractivity (Wildman–Crippen MR) is 102 cm³/mol. The van der Waals surface area contributed by atoms with Gasteiger partial charge in [0.05, 0.1) is 17.0 Å². The first-order chi connectivity index (χ1) is 12.4. The van der Waals surface area contributed by atoms with Crippen molar-refractivity contribution in [1.29, 1.82) is 0 Å². The molecule has 0 aliphatic heterocycles. The summed E-state index contributed by atoms with van der Waals surface area (Å²) in [6.07, 6.45) is 0.174. The maximum Gasteiger partial charge on any atom is 0.317 e. The molecule has 1 heterocycles. The number of rotatable bonds is 5. The molecule has 0 spiro atoms. The van der Waals surface area contributed by atoms with Gasteiger partial charge in [-0.2, -0.15) is 0 Å². The summed E-state index contributed by atoms with van der Waals surface area (Å²) >= 11 is 1.01. The summed E-state index contributed by atoms with van der Waals surface area (Å²) < 4.78 is 0. The Hall–Kier alpha value is -3.39. The minimum Gasteiger partial charge on any atom is -0.366 e. The molecule has 26 heavy (non-hydrogen) atoms. The number of thiophene rings is 1. The minimum atomic E-state index is -0.816. The molecule has 132 valence electrons. The average Bonchev–Trinajstić information content (AvgIpc) is 2.96. The van der Waals surface area contributed by atoms with Gasteiger partial charge in [0, 0.05) is 0 Å².